The van der Waals surface area contributed by atoms with E-state index in [-0.39, 0.29) is 12.4 Å². The second kappa shape index (κ2) is 10.4. The van der Waals surface area contributed by atoms with Crippen LogP contribution in [0, 0.1) is 0 Å². The lowest BCUT2D eigenvalue weighted by Crippen LogP contribution is -2.29. The van der Waals surface area contributed by atoms with E-state index >= 15 is 0 Å². The first-order chi connectivity index (χ1) is 10.7. The van der Waals surface area contributed by atoms with Crippen LogP contribution in [0.2, 0.25) is 0 Å². The van der Waals surface area contributed by atoms with E-state index in [2.05, 4.69) is 17.4 Å². The summed E-state index contributed by atoms with van der Waals surface area (Å²) in [6, 6.07) is 3.65. The summed E-state index contributed by atoms with van der Waals surface area (Å²) in [6.07, 6.45) is 9.31. The van der Waals surface area contributed by atoms with E-state index in [9.17, 15) is 4.79 Å². The van der Waals surface area contributed by atoms with Crippen LogP contribution in [0.1, 0.15) is 56.2 Å². The van der Waals surface area contributed by atoms with Crippen LogP contribution in [-0.4, -0.2) is 28.6 Å². The van der Waals surface area contributed by atoms with E-state index in [0.29, 0.717) is 6.42 Å². The van der Waals surface area contributed by atoms with Gasteiger partial charge in [-0.3, -0.25) is 4.79 Å². The van der Waals surface area contributed by atoms with Crippen molar-refractivity contribution < 1.29 is 9.90 Å². The Hall–Kier alpha value is -1.33. The lowest BCUT2D eigenvalue weighted by atomic mass is 10.0. The maximum Gasteiger partial charge on any atom is 0.320 e. The molecule has 0 spiro atoms. The molecule has 2 heterocycles. The summed E-state index contributed by atoms with van der Waals surface area (Å²) < 4.78 is 0. The highest BCUT2D eigenvalue weighted by atomic mass is 35.5. The molecule has 0 aliphatic carbocycles. The Morgan fingerprint density at radius 2 is 2.00 bits per heavy atom. The monoisotopic (exact) mass is 341 g/mol. The Balaban J connectivity index is 0.00000264. The van der Waals surface area contributed by atoms with Crippen LogP contribution in [0.15, 0.2) is 12.1 Å². The van der Waals surface area contributed by atoms with Gasteiger partial charge in [0.15, 0.2) is 0 Å². The van der Waals surface area contributed by atoms with Gasteiger partial charge in [0.25, 0.3) is 0 Å². The molecule has 0 saturated carbocycles. The summed E-state index contributed by atoms with van der Waals surface area (Å²) in [5, 5.41) is 12.1. The molecule has 2 rings (SSSR count). The largest absolute Gasteiger partial charge is 0.480 e. The number of rotatable bonds is 9. The van der Waals surface area contributed by atoms with Crippen molar-refractivity contribution in [2.24, 2.45) is 5.73 Å². The van der Waals surface area contributed by atoms with Crippen molar-refractivity contribution in [3.63, 3.8) is 0 Å². The Morgan fingerprint density at radius 1 is 1.26 bits per heavy atom. The molecule has 0 saturated heterocycles. The molecule has 0 amide bonds. The fraction of sp³-hybridized carbons (Fsp3) is 0.647. The van der Waals surface area contributed by atoms with Gasteiger partial charge >= 0.3 is 5.97 Å². The molecule has 5 nitrogen and oxygen atoms in total. The van der Waals surface area contributed by atoms with E-state index < -0.39 is 12.0 Å². The van der Waals surface area contributed by atoms with Gasteiger partial charge in [-0.15, -0.1) is 12.4 Å². The van der Waals surface area contributed by atoms with Crippen LogP contribution in [0.5, 0.6) is 0 Å². The fourth-order valence-electron chi connectivity index (χ4n) is 2.83. The molecule has 1 aromatic rings. The lowest BCUT2D eigenvalue weighted by Gasteiger charge is -2.17. The molecule has 23 heavy (non-hydrogen) atoms. The van der Waals surface area contributed by atoms with Crippen LogP contribution in [0.4, 0.5) is 5.82 Å². The number of hydrogen-bond acceptors (Lipinski definition) is 4. The molecule has 0 unspecified atom stereocenters. The second-order valence-electron chi connectivity index (χ2n) is 6.09. The maximum atomic E-state index is 10.6. The van der Waals surface area contributed by atoms with E-state index in [0.717, 1.165) is 57.3 Å². The predicted octanol–water partition coefficient (Wildman–Crippen LogP) is 3.16. The first kappa shape index (κ1) is 19.7. The Kier molecular flexibility index (Phi) is 8.95. The molecule has 0 radical (unpaired) electrons. The van der Waals surface area contributed by atoms with Crippen molar-refractivity contribution in [2.45, 2.75) is 63.8 Å². The van der Waals surface area contributed by atoms with Crippen LogP contribution in [0.25, 0.3) is 0 Å². The number of pyridine rings is 1. The molecule has 1 aliphatic heterocycles. The molecule has 1 atom stereocenters. The molecule has 0 bridgehead atoms. The van der Waals surface area contributed by atoms with Gasteiger partial charge in [-0.2, -0.15) is 0 Å². The van der Waals surface area contributed by atoms with Crippen molar-refractivity contribution in [2.75, 3.05) is 11.9 Å². The van der Waals surface area contributed by atoms with Crippen LogP contribution in [-0.2, 0) is 17.6 Å². The van der Waals surface area contributed by atoms with Crippen LogP contribution in [0.3, 0.4) is 0 Å². The third kappa shape index (κ3) is 6.75. The number of nitrogens with zero attached hydrogens (tertiary/aromatic N) is 1. The molecule has 4 N–H and O–H groups in total. The number of nitrogens with one attached hydrogen (secondary N) is 1. The van der Waals surface area contributed by atoms with Gasteiger partial charge in [0.05, 0.1) is 0 Å². The zero-order valence-corrected chi connectivity index (χ0v) is 14.4. The zero-order chi connectivity index (χ0) is 15.8. The molecule has 0 aromatic carbocycles. The summed E-state index contributed by atoms with van der Waals surface area (Å²) >= 11 is 0. The standard InChI is InChI=1S/C17H27N3O2.ClH/c18-15(17(21)22)9-5-3-1-2-4-8-14-11-10-13-7-6-12-19-16(13)20-14;/h10-11,15H,1-9,12,18H2,(H,19,20)(H,21,22);1H/t15-;/m0./s1. The zero-order valence-electron chi connectivity index (χ0n) is 13.6. The van der Waals surface area contributed by atoms with Crippen molar-refractivity contribution in [1.29, 1.82) is 0 Å². The van der Waals surface area contributed by atoms with Crippen molar-refractivity contribution in [3.05, 3.63) is 23.4 Å². The van der Waals surface area contributed by atoms with Gasteiger partial charge < -0.3 is 16.2 Å². The highest BCUT2D eigenvalue weighted by Crippen LogP contribution is 2.20. The molecular formula is C17H28ClN3O2. The number of nitrogens with two attached hydrogens (primary N) is 1. The van der Waals surface area contributed by atoms with Crippen LogP contribution >= 0.6 is 12.4 Å². The van der Waals surface area contributed by atoms with Crippen molar-refractivity contribution in [3.8, 4) is 0 Å². The Bertz CT molecular complexity index is 497. The molecule has 130 valence electrons. The summed E-state index contributed by atoms with van der Waals surface area (Å²) in [6.45, 7) is 1.03. The number of aromatic nitrogens is 1. The SMILES string of the molecule is Cl.N[C@@H](CCCCCCCc1ccc2c(n1)NCCC2)C(=O)O. The van der Waals surface area contributed by atoms with E-state index in [1.807, 2.05) is 0 Å². The number of unbranched alkanes of at least 4 members (excludes halogenated alkanes) is 4. The van der Waals surface area contributed by atoms with E-state index in [4.69, 9.17) is 15.8 Å². The summed E-state index contributed by atoms with van der Waals surface area (Å²) in [7, 11) is 0. The molecule has 0 fully saturated rings. The normalized spacial score (nSPS) is 14.3. The average Bonchev–Trinajstić information content (AvgIpc) is 2.53. The first-order valence-electron chi connectivity index (χ1n) is 8.38. The van der Waals surface area contributed by atoms with Gasteiger partial charge in [-0.1, -0.05) is 31.7 Å². The number of halogens is 1. The number of anilines is 1. The van der Waals surface area contributed by atoms with Gasteiger partial charge in [0.2, 0.25) is 0 Å². The third-order valence-electron chi connectivity index (χ3n) is 4.22. The number of hydrogen-bond donors (Lipinski definition) is 3. The molecular weight excluding hydrogens is 314 g/mol. The molecule has 6 heteroatoms. The number of carboxylic acids is 1. The Labute approximate surface area is 144 Å². The topological polar surface area (TPSA) is 88.2 Å². The Morgan fingerprint density at radius 3 is 2.78 bits per heavy atom. The quantitative estimate of drug-likeness (QED) is 0.600. The summed E-state index contributed by atoms with van der Waals surface area (Å²) in [5.41, 5.74) is 7.98. The average molecular weight is 342 g/mol. The van der Waals surface area contributed by atoms with Crippen molar-refractivity contribution >= 4 is 24.2 Å². The minimum absolute atomic E-state index is 0. The number of aryl methyl sites for hydroxylation is 2. The van der Waals surface area contributed by atoms with Crippen LogP contribution < -0.4 is 11.1 Å². The van der Waals surface area contributed by atoms with Gasteiger partial charge in [0, 0.05) is 12.2 Å². The highest BCUT2D eigenvalue weighted by Gasteiger charge is 2.11. The molecule has 1 aliphatic rings. The minimum Gasteiger partial charge on any atom is -0.480 e. The van der Waals surface area contributed by atoms with E-state index in [1.54, 1.807) is 0 Å². The minimum atomic E-state index is -0.896. The number of carboxylic acid groups (broad SMARTS) is 1. The fourth-order valence-corrected chi connectivity index (χ4v) is 2.83. The van der Waals surface area contributed by atoms with Gasteiger partial charge in [0.1, 0.15) is 11.9 Å². The summed E-state index contributed by atoms with van der Waals surface area (Å²) in [4.78, 5) is 15.3. The number of aliphatic carboxylic acids is 1. The molecule has 1 aromatic heterocycles. The lowest BCUT2D eigenvalue weighted by molar-refractivity contribution is -0.138. The number of fused-ring (bicyclic) bond motifs is 1. The summed E-state index contributed by atoms with van der Waals surface area (Å²) in [5.74, 6) is 0.179. The van der Waals surface area contributed by atoms with Crippen molar-refractivity contribution in [1.82, 2.24) is 4.98 Å². The number of carbonyl (C=O) groups is 1. The van der Waals surface area contributed by atoms with Gasteiger partial charge in [-0.05, 0) is 43.7 Å². The van der Waals surface area contributed by atoms with Gasteiger partial charge in [-0.25, -0.2) is 4.98 Å². The smallest absolute Gasteiger partial charge is 0.320 e. The first-order valence-corrected chi connectivity index (χ1v) is 8.38. The maximum absolute atomic E-state index is 10.6. The predicted molar refractivity (Wildman–Crippen MR) is 95.3 cm³/mol. The highest BCUT2D eigenvalue weighted by molar-refractivity contribution is 5.85. The third-order valence-corrected chi connectivity index (χ3v) is 4.22. The second-order valence-corrected chi connectivity index (χ2v) is 6.09. The van der Waals surface area contributed by atoms with E-state index in [1.165, 1.54) is 17.7 Å².